The van der Waals surface area contributed by atoms with Gasteiger partial charge in [-0.1, -0.05) is 32.6 Å². The number of likely N-dealkylation sites (N-methyl/N-ethyl adjacent to an activating group) is 1. The van der Waals surface area contributed by atoms with Crippen LogP contribution < -0.4 is 4.74 Å². The van der Waals surface area contributed by atoms with Gasteiger partial charge in [-0.05, 0) is 50.9 Å². The molecule has 1 aliphatic carbocycles. The second-order valence-corrected chi connectivity index (χ2v) is 11.3. The Labute approximate surface area is 187 Å². The molecule has 1 fully saturated rings. The van der Waals surface area contributed by atoms with Crippen molar-refractivity contribution in [1.82, 2.24) is 9.21 Å². The fourth-order valence-electron chi connectivity index (χ4n) is 3.87. The molecule has 0 aromatic heterocycles. The highest BCUT2D eigenvalue weighted by molar-refractivity contribution is 7.89. The van der Waals surface area contributed by atoms with Gasteiger partial charge >= 0.3 is 0 Å². The molecule has 0 amide bonds. The van der Waals surface area contributed by atoms with Gasteiger partial charge in [0.05, 0.1) is 6.61 Å². The van der Waals surface area contributed by atoms with Crippen LogP contribution in [0.5, 0.6) is 5.75 Å². The molecule has 1 heterocycles. The Morgan fingerprint density at radius 2 is 1.97 bits per heavy atom. The molecule has 6 nitrogen and oxygen atoms in total. The Morgan fingerprint density at radius 1 is 1.26 bits per heavy atom. The number of sulfonamides is 1. The highest BCUT2D eigenvalue weighted by atomic mass is 32.2. The van der Waals surface area contributed by atoms with E-state index in [1.807, 2.05) is 20.8 Å². The minimum Gasteiger partial charge on any atom is -0.487 e. The second-order valence-electron chi connectivity index (χ2n) is 9.49. The van der Waals surface area contributed by atoms with Crippen LogP contribution in [0, 0.1) is 29.6 Å². The van der Waals surface area contributed by atoms with Crippen molar-refractivity contribution >= 4 is 10.0 Å². The largest absolute Gasteiger partial charge is 0.487 e. The predicted octanol–water partition coefficient (Wildman–Crippen LogP) is 2.80. The molecule has 0 saturated heterocycles. The molecule has 0 radical (unpaired) electrons. The van der Waals surface area contributed by atoms with Crippen LogP contribution in [-0.2, 0) is 10.0 Å². The van der Waals surface area contributed by atoms with Gasteiger partial charge in [0.2, 0.25) is 10.0 Å². The summed E-state index contributed by atoms with van der Waals surface area (Å²) in [5.41, 5.74) is 0.739. The van der Waals surface area contributed by atoms with E-state index < -0.39 is 16.1 Å². The summed E-state index contributed by atoms with van der Waals surface area (Å²) < 4.78 is 34.8. The standard InChI is InChI=1S/C24H36N2O4S/c1-17(2)6-7-20-10-11-24-22(12-20)30-23(15-25(5)14-21-8-9-21)18(3)13-26(19(4)16-27)31(24,28)29/h10-12,17-19,21,23,27H,8-9,13-16H2,1-5H3/t18-,19+,23-/m1/s1. The van der Waals surface area contributed by atoms with Crippen LogP contribution in [0.15, 0.2) is 23.1 Å². The Morgan fingerprint density at radius 3 is 2.58 bits per heavy atom. The summed E-state index contributed by atoms with van der Waals surface area (Å²) in [6.45, 7) is 9.63. The molecule has 172 valence electrons. The zero-order valence-electron chi connectivity index (χ0n) is 19.3. The first-order valence-corrected chi connectivity index (χ1v) is 12.7. The van der Waals surface area contributed by atoms with Crippen LogP contribution in [0.2, 0.25) is 0 Å². The van der Waals surface area contributed by atoms with E-state index in [9.17, 15) is 13.5 Å². The van der Waals surface area contributed by atoms with E-state index in [1.165, 1.54) is 17.1 Å². The summed E-state index contributed by atoms with van der Waals surface area (Å²) in [5.74, 6) is 7.54. The van der Waals surface area contributed by atoms with Gasteiger partial charge in [0.15, 0.2) is 0 Å². The van der Waals surface area contributed by atoms with Crippen LogP contribution in [0.3, 0.4) is 0 Å². The summed E-state index contributed by atoms with van der Waals surface area (Å²) in [6.07, 6.45) is 2.40. The molecule has 1 saturated carbocycles. The normalized spacial score (nSPS) is 24.5. The van der Waals surface area contributed by atoms with Crippen molar-refractivity contribution in [2.24, 2.45) is 17.8 Å². The van der Waals surface area contributed by atoms with Gasteiger partial charge in [-0.15, -0.1) is 0 Å². The number of rotatable bonds is 6. The smallest absolute Gasteiger partial charge is 0.247 e. The number of aliphatic hydroxyl groups excluding tert-OH is 1. The molecule has 3 rings (SSSR count). The molecule has 1 aromatic carbocycles. The summed E-state index contributed by atoms with van der Waals surface area (Å²) >= 11 is 0. The van der Waals surface area contributed by atoms with Crippen molar-refractivity contribution in [3.63, 3.8) is 0 Å². The minimum atomic E-state index is -3.81. The average molecular weight is 449 g/mol. The van der Waals surface area contributed by atoms with E-state index in [2.05, 4.69) is 23.8 Å². The lowest BCUT2D eigenvalue weighted by Crippen LogP contribution is -2.49. The van der Waals surface area contributed by atoms with E-state index in [0.29, 0.717) is 12.3 Å². The van der Waals surface area contributed by atoms with Gasteiger partial charge in [-0.3, -0.25) is 0 Å². The molecule has 0 unspecified atom stereocenters. The monoisotopic (exact) mass is 448 g/mol. The highest BCUT2D eigenvalue weighted by Gasteiger charge is 2.38. The molecule has 0 bridgehead atoms. The van der Waals surface area contributed by atoms with Crippen LogP contribution in [0.4, 0.5) is 0 Å². The van der Waals surface area contributed by atoms with E-state index in [1.54, 1.807) is 25.1 Å². The highest BCUT2D eigenvalue weighted by Crippen LogP contribution is 2.35. The van der Waals surface area contributed by atoms with E-state index in [4.69, 9.17) is 4.74 Å². The SMILES string of the molecule is CC(C)C#Cc1ccc2c(c1)O[C@H](CN(C)CC1CC1)[C@H](C)CN([C@@H](C)CO)S2(=O)=O. The van der Waals surface area contributed by atoms with Gasteiger partial charge in [-0.25, -0.2) is 8.42 Å². The third-order valence-corrected chi connectivity index (χ3v) is 7.95. The fraction of sp³-hybridized carbons (Fsp3) is 0.667. The van der Waals surface area contributed by atoms with Crippen molar-refractivity contribution in [1.29, 1.82) is 0 Å². The molecule has 3 atom stereocenters. The van der Waals surface area contributed by atoms with Crippen molar-refractivity contribution in [3.05, 3.63) is 23.8 Å². The predicted molar refractivity (Wildman–Crippen MR) is 122 cm³/mol. The van der Waals surface area contributed by atoms with Crippen molar-refractivity contribution in [3.8, 4) is 17.6 Å². The molecule has 1 aliphatic heterocycles. The van der Waals surface area contributed by atoms with E-state index in [-0.39, 0.29) is 29.4 Å². The van der Waals surface area contributed by atoms with Gasteiger partial charge in [0.25, 0.3) is 0 Å². The lowest BCUT2D eigenvalue weighted by molar-refractivity contribution is 0.0740. The zero-order valence-corrected chi connectivity index (χ0v) is 20.2. The first-order valence-electron chi connectivity index (χ1n) is 11.2. The Balaban J connectivity index is 2.00. The zero-order chi connectivity index (χ0) is 22.8. The van der Waals surface area contributed by atoms with E-state index in [0.717, 1.165) is 24.6 Å². The first-order chi connectivity index (χ1) is 14.6. The van der Waals surface area contributed by atoms with Gasteiger partial charge in [-0.2, -0.15) is 4.31 Å². The van der Waals surface area contributed by atoms with Crippen molar-refractivity contribution < 1.29 is 18.3 Å². The first kappa shape index (κ1) is 24.1. The number of ether oxygens (including phenoxy) is 1. The number of hydrogen-bond acceptors (Lipinski definition) is 5. The number of hydrogen-bond donors (Lipinski definition) is 1. The third-order valence-electron chi connectivity index (χ3n) is 5.93. The minimum absolute atomic E-state index is 0.0380. The molecule has 1 N–H and O–H groups in total. The summed E-state index contributed by atoms with van der Waals surface area (Å²) in [7, 11) is -1.71. The molecule has 7 heteroatoms. The van der Waals surface area contributed by atoms with Crippen LogP contribution in [0.25, 0.3) is 0 Å². The van der Waals surface area contributed by atoms with E-state index >= 15 is 0 Å². The van der Waals surface area contributed by atoms with Crippen LogP contribution in [0.1, 0.15) is 46.1 Å². The number of aliphatic hydroxyl groups is 1. The molecular weight excluding hydrogens is 412 g/mol. The topological polar surface area (TPSA) is 70.1 Å². The quantitative estimate of drug-likeness (QED) is 0.678. The number of fused-ring (bicyclic) bond motifs is 1. The van der Waals surface area contributed by atoms with Gasteiger partial charge in [0, 0.05) is 43.1 Å². The summed E-state index contributed by atoms with van der Waals surface area (Å²) in [4.78, 5) is 2.43. The van der Waals surface area contributed by atoms with Crippen LogP contribution >= 0.6 is 0 Å². The summed E-state index contributed by atoms with van der Waals surface area (Å²) in [5, 5.41) is 9.74. The third kappa shape index (κ3) is 6.01. The second kappa shape index (κ2) is 9.91. The summed E-state index contributed by atoms with van der Waals surface area (Å²) in [6, 6.07) is 4.56. The molecule has 0 spiro atoms. The molecular formula is C24H36N2O4S. The lowest BCUT2D eigenvalue weighted by Gasteiger charge is -2.37. The Hall–Kier alpha value is -1.59. The Bertz CT molecular complexity index is 931. The number of benzene rings is 1. The van der Waals surface area contributed by atoms with Gasteiger partial charge < -0.3 is 14.7 Å². The maximum Gasteiger partial charge on any atom is 0.247 e. The maximum atomic E-state index is 13.5. The Kier molecular flexibility index (Phi) is 7.69. The van der Waals surface area contributed by atoms with Crippen LogP contribution in [-0.4, -0.2) is 68.2 Å². The average Bonchev–Trinajstić information content (AvgIpc) is 3.52. The maximum absolute atomic E-state index is 13.5. The molecule has 31 heavy (non-hydrogen) atoms. The lowest BCUT2D eigenvalue weighted by atomic mass is 10.0. The fourth-order valence-corrected chi connectivity index (χ4v) is 5.70. The van der Waals surface area contributed by atoms with Crippen molar-refractivity contribution in [2.75, 3.05) is 33.3 Å². The van der Waals surface area contributed by atoms with Gasteiger partial charge in [0.1, 0.15) is 16.7 Å². The van der Waals surface area contributed by atoms with Crippen molar-refractivity contribution in [2.45, 2.75) is 57.6 Å². The molecule has 2 aliphatic rings. The molecule has 1 aromatic rings. The number of nitrogens with zero attached hydrogens (tertiary/aromatic N) is 2.